The molecule has 102 valence electrons. The maximum absolute atomic E-state index is 5.57. The number of nitrogens with one attached hydrogen (secondary N) is 1. The van der Waals surface area contributed by atoms with Gasteiger partial charge in [-0.15, -0.1) is 0 Å². The highest BCUT2D eigenvalue weighted by Crippen LogP contribution is 2.23. The number of unbranched alkanes of at least 4 members (excludes halogenated alkanes) is 2. The third-order valence-electron chi connectivity index (χ3n) is 3.12. The van der Waals surface area contributed by atoms with Crippen LogP contribution in [-0.4, -0.2) is 13.2 Å². The van der Waals surface area contributed by atoms with Gasteiger partial charge in [-0.1, -0.05) is 45.2 Å². The van der Waals surface area contributed by atoms with E-state index >= 15 is 0 Å². The van der Waals surface area contributed by atoms with Crippen LogP contribution in [0.25, 0.3) is 0 Å². The van der Waals surface area contributed by atoms with Gasteiger partial charge in [-0.2, -0.15) is 0 Å². The fourth-order valence-electron chi connectivity index (χ4n) is 2.22. The van der Waals surface area contributed by atoms with Crippen LogP contribution in [0.5, 0.6) is 5.75 Å². The Hall–Kier alpha value is -1.02. The molecule has 0 aliphatic rings. The van der Waals surface area contributed by atoms with Crippen LogP contribution in [0.3, 0.4) is 0 Å². The SMILES string of the molecule is CCCCCC(NCC)c1cccc(OCC)c1. The Morgan fingerprint density at radius 1 is 1.17 bits per heavy atom. The molecule has 0 aliphatic carbocycles. The highest BCUT2D eigenvalue weighted by Gasteiger charge is 2.10. The molecule has 0 heterocycles. The predicted molar refractivity (Wildman–Crippen MR) is 78.2 cm³/mol. The Morgan fingerprint density at radius 2 is 2.00 bits per heavy atom. The van der Waals surface area contributed by atoms with Gasteiger partial charge in [0.2, 0.25) is 0 Å². The summed E-state index contributed by atoms with van der Waals surface area (Å²) in [5.74, 6) is 0.980. The van der Waals surface area contributed by atoms with Crippen LogP contribution in [0.15, 0.2) is 24.3 Å². The second-order valence-electron chi connectivity index (χ2n) is 4.61. The molecule has 0 fully saturated rings. The molecule has 18 heavy (non-hydrogen) atoms. The van der Waals surface area contributed by atoms with Gasteiger partial charge < -0.3 is 10.1 Å². The molecule has 0 spiro atoms. The van der Waals surface area contributed by atoms with Gasteiger partial charge in [0.25, 0.3) is 0 Å². The Labute approximate surface area is 112 Å². The first-order valence-corrected chi connectivity index (χ1v) is 7.27. The standard InChI is InChI=1S/C16H27NO/c1-4-7-8-12-16(17-5-2)14-10-9-11-15(13-14)18-6-3/h9-11,13,16-17H,4-8,12H2,1-3H3. The van der Waals surface area contributed by atoms with Crippen molar-refractivity contribution >= 4 is 0 Å². The summed E-state index contributed by atoms with van der Waals surface area (Å²) in [5.41, 5.74) is 1.35. The number of benzene rings is 1. The zero-order chi connectivity index (χ0) is 13.2. The van der Waals surface area contributed by atoms with E-state index in [0.29, 0.717) is 6.04 Å². The van der Waals surface area contributed by atoms with Crippen molar-refractivity contribution < 1.29 is 4.74 Å². The van der Waals surface area contributed by atoms with E-state index in [1.807, 2.05) is 13.0 Å². The van der Waals surface area contributed by atoms with Crippen molar-refractivity contribution in [2.24, 2.45) is 0 Å². The van der Waals surface area contributed by atoms with Crippen LogP contribution in [0, 0.1) is 0 Å². The van der Waals surface area contributed by atoms with Gasteiger partial charge in [0.15, 0.2) is 0 Å². The van der Waals surface area contributed by atoms with Crippen molar-refractivity contribution in [3.8, 4) is 5.75 Å². The van der Waals surface area contributed by atoms with Crippen molar-refractivity contribution in [3.05, 3.63) is 29.8 Å². The van der Waals surface area contributed by atoms with Crippen molar-refractivity contribution in [1.82, 2.24) is 5.32 Å². The van der Waals surface area contributed by atoms with Crippen molar-refractivity contribution in [3.63, 3.8) is 0 Å². The summed E-state index contributed by atoms with van der Waals surface area (Å²) in [7, 11) is 0. The number of rotatable bonds is 9. The molecule has 1 atom stereocenters. The minimum absolute atomic E-state index is 0.460. The van der Waals surface area contributed by atoms with E-state index in [1.165, 1.54) is 31.2 Å². The van der Waals surface area contributed by atoms with Crippen molar-refractivity contribution in [1.29, 1.82) is 0 Å². The van der Waals surface area contributed by atoms with E-state index in [0.717, 1.165) is 18.9 Å². The molecule has 0 bridgehead atoms. The zero-order valence-electron chi connectivity index (χ0n) is 12.0. The van der Waals surface area contributed by atoms with Crippen LogP contribution in [0.1, 0.15) is 58.1 Å². The molecule has 1 rings (SSSR count). The summed E-state index contributed by atoms with van der Waals surface area (Å²) in [4.78, 5) is 0. The Morgan fingerprint density at radius 3 is 2.67 bits per heavy atom. The largest absolute Gasteiger partial charge is 0.494 e. The van der Waals surface area contributed by atoms with Gasteiger partial charge >= 0.3 is 0 Å². The van der Waals surface area contributed by atoms with Crippen LogP contribution >= 0.6 is 0 Å². The van der Waals surface area contributed by atoms with E-state index < -0.39 is 0 Å². The summed E-state index contributed by atoms with van der Waals surface area (Å²) >= 11 is 0. The minimum atomic E-state index is 0.460. The first-order chi connectivity index (χ1) is 8.81. The number of ether oxygens (including phenoxy) is 1. The van der Waals surface area contributed by atoms with Crippen LogP contribution in [-0.2, 0) is 0 Å². The van der Waals surface area contributed by atoms with Gasteiger partial charge in [-0.25, -0.2) is 0 Å². The Balaban J connectivity index is 2.67. The molecule has 0 aromatic heterocycles. The van der Waals surface area contributed by atoms with Crippen molar-refractivity contribution in [2.75, 3.05) is 13.2 Å². The number of hydrogen-bond acceptors (Lipinski definition) is 2. The van der Waals surface area contributed by atoms with E-state index in [9.17, 15) is 0 Å². The monoisotopic (exact) mass is 249 g/mol. The molecule has 2 nitrogen and oxygen atoms in total. The van der Waals surface area contributed by atoms with E-state index in [2.05, 4.69) is 37.4 Å². The van der Waals surface area contributed by atoms with Crippen LogP contribution < -0.4 is 10.1 Å². The van der Waals surface area contributed by atoms with Gasteiger partial charge in [0.05, 0.1) is 6.61 Å². The lowest BCUT2D eigenvalue weighted by Gasteiger charge is -2.19. The average molecular weight is 249 g/mol. The fourth-order valence-corrected chi connectivity index (χ4v) is 2.22. The highest BCUT2D eigenvalue weighted by atomic mass is 16.5. The molecule has 1 aromatic rings. The highest BCUT2D eigenvalue weighted by molar-refractivity contribution is 5.30. The van der Waals surface area contributed by atoms with Crippen LogP contribution in [0.4, 0.5) is 0 Å². The zero-order valence-corrected chi connectivity index (χ0v) is 12.0. The van der Waals surface area contributed by atoms with E-state index in [1.54, 1.807) is 0 Å². The van der Waals surface area contributed by atoms with Gasteiger partial charge in [-0.3, -0.25) is 0 Å². The molecule has 0 saturated heterocycles. The summed E-state index contributed by atoms with van der Waals surface area (Å²) in [6.45, 7) is 8.17. The lowest BCUT2D eigenvalue weighted by Crippen LogP contribution is -2.20. The maximum atomic E-state index is 5.57. The lowest BCUT2D eigenvalue weighted by atomic mass is 10.00. The molecule has 0 aliphatic heterocycles. The summed E-state index contributed by atoms with van der Waals surface area (Å²) in [6, 6.07) is 8.94. The Bertz CT molecular complexity index is 325. The Kier molecular flexibility index (Phi) is 7.51. The second kappa shape index (κ2) is 8.98. The molecular weight excluding hydrogens is 222 g/mol. The number of hydrogen-bond donors (Lipinski definition) is 1. The topological polar surface area (TPSA) is 21.3 Å². The molecule has 2 heteroatoms. The molecule has 1 unspecified atom stereocenters. The summed E-state index contributed by atoms with van der Waals surface area (Å²) in [6.07, 6.45) is 5.08. The average Bonchev–Trinajstić information content (AvgIpc) is 2.39. The molecule has 1 aromatic carbocycles. The minimum Gasteiger partial charge on any atom is -0.494 e. The quantitative estimate of drug-likeness (QED) is 0.658. The van der Waals surface area contributed by atoms with Crippen LogP contribution in [0.2, 0.25) is 0 Å². The first-order valence-electron chi connectivity index (χ1n) is 7.27. The van der Waals surface area contributed by atoms with Gasteiger partial charge in [0.1, 0.15) is 5.75 Å². The van der Waals surface area contributed by atoms with Crippen molar-refractivity contribution in [2.45, 2.75) is 52.5 Å². The second-order valence-corrected chi connectivity index (χ2v) is 4.61. The fraction of sp³-hybridized carbons (Fsp3) is 0.625. The summed E-state index contributed by atoms with van der Waals surface area (Å²) in [5, 5.41) is 3.57. The molecule has 0 amide bonds. The third-order valence-corrected chi connectivity index (χ3v) is 3.12. The normalized spacial score (nSPS) is 12.4. The maximum Gasteiger partial charge on any atom is 0.119 e. The molecular formula is C16H27NO. The summed E-state index contributed by atoms with van der Waals surface area (Å²) < 4.78 is 5.57. The predicted octanol–water partition coefficient (Wildman–Crippen LogP) is 4.32. The molecule has 0 radical (unpaired) electrons. The smallest absolute Gasteiger partial charge is 0.119 e. The third kappa shape index (κ3) is 5.09. The first kappa shape index (κ1) is 15.0. The van der Waals surface area contributed by atoms with E-state index in [4.69, 9.17) is 4.74 Å². The molecule has 0 saturated carbocycles. The lowest BCUT2D eigenvalue weighted by molar-refractivity contribution is 0.339. The van der Waals surface area contributed by atoms with E-state index in [-0.39, 0.29) is 0 Å². The van der Waals surface area contributed by atoms with Gasteiger partial charge in [0, 0.05) is 6.04 Å². The molecule has 1 N–H and O–H groups in total. The van der Waals surface area contributed by atoms with Gasteiger partial charge in [-0.05, 0) is 37.6 Å².